The Bertz CT molecular complexity index is 204. The van der Waals surface area contributed by atoms with Crippen molar-refractivity contribution in [3.8, 4) is 0 Å². The van der Waals surface area contributed by atoms with Crippen molar-refractivity contribution in [3.05, 3.63) is 0 Å². The molecular weight excluding hydrogens is 168 g/mol. The summed E-state index contributed by atoms with van der Waals surface area (Å²) in [7, 11) is 0. The summed E-state index contributed by atoms with van der Waals surface area (Å²) in [5, 5.41) is 14.5. The molecule has 1 aliphatic carbocycles. The molecule has 13 heavy (non-hydrogen) atoms. The van der Waals surface area contributed by atoms with Gasteiger partial charge in [0.1, 0.15) is 0 Å². The molecule has 3 N–H and O–H groups in total. The van der Waals surface area contributed by atoms with Gasteiger partial charge in [0, 0.05) is 12.6 Å². The number of carboxylic acid groups (broad SMARTS) is 1. The van der Waals surface area contributed by atoms with Crippen molar-refractivity contribution in [2.24, 2.45) is 11.8 Å². The molecule has 1 saturated carbocycles. The Kier molecular flexibility index (Phi) is 2.40. The lowest BCUT2D eigenvalue weighted by molar-refractivity contribution is 0.174. The van der Waals surface area contributed by atoms with Gasteiger partial charge in [0.05, 0.1) is 0 Å². The highest BCUT2D eigenvalue weighted by Gasteiger charge is 2.38. The van der Waals surface area contributed by atoms with Crippen molar-refractivity contribution in [2.75, 3.05) is 13.1 Å². The lowest BCUT2D eigenvalue weighted by atomic mass is 9.88. The van der Waals surface area contributed by atoms with Crippen LogP contribution in [0.2, 0.25) is 0 Å². The van der Waals surface area contributed by atoms with Gasteiger partial charge in [-0.05, 0) is 37.6 Å². The molecule has 0 spiro atoms. The third kappa shape index (κ3) is 2.12. The predicted molar refractivity (Wildman–Crippen MR) is 48.6 cm³/mol. The summed E-state index contributed by atoms with van der Waals surface area (Å²) in [4.78, 5) is 10.5. The maximum atomic E-state index is 10.5. The van der Waals surface area contributed by atoms with Crippen LogP contribution >= 0.6 is 0 Å². The highest BCUT2D eigenvalue weighted by atomic mass is 16.4. The molecule has 2 rings (SSSR count). The zero-order valence-corrected chi connectivity index (χ0v) is 7.62. The fourth-order valence-electron chi connectivity index (χ4n) is 2.28. The minimum atomic E-state index is -0.889. The van der Waals surface area contributed by atoms with E-state index in [2.05, 4.69) is 10.6 Å². The van der Waals surface area contributed by atoms with Gasteiger partial charge in [-0.2, -0.15) is 0 Å². The van der Waals surface area contributed by atoms with Crippen LogP contribution in [-0.4, -0.2) is 30.3 Å². The van der Waals surface area contributed by atoms with Crippen LogP contribution in [0.4, 0.5) is 4.79 Å². The van der Waals surface area contributed by atoms with Gasteiger partial charge in [-0.15, -0.1) is 0 Å². The molecule has 4 nitrogen and oxygen atoms in total. The fraction of sp³-hybridized carbons (Fsp3) is 0.889. The zero-order valence-electron chi connectivity index (χ0n) is 7.62. The third-order valence-corrected chi connectivity index (χ3v) is 3.07. The maximum absolute atomic E-state index is 10.5. The number of hydrogen-bond acceptors (Lipinski definition) is 2. The topological polar surface area (TPSA) is 61.4 Å². The van der Waals surface area contributed by atoms with E-state index in [0.717, 1.165) is 25.4 Å². The van der Waals surface area contributed by atoms with Crippen LogP contribution in [0.3, 0.4) is 0 Å². The van der Waals surface area contributed by atoms with Gasteiger partial charge in [-0.3, -0.25) is 0 Å². The number of nitrogens with one attached hydrogen (secondary N) is 2. The number of hydrogen-bond donors (Lipinski definition) is 3. The molecule has 2 aliphatic rings. The number of piperidine rings is 1. The molecule has 0 unspecified atom stereocenters. The van der Waals surface area contributed by atoms with E-state index in [1.165, 1.54) is 12.8 Å². The van der Waals surface area contributed by atoms with Gasteiger partial charge in [0.15, 0.2) is 0 Å². The number of rotatable bonds is 2. The minimum absolute atomic E-state index is 0.138. The quantitative estimate of drug-likeness (QED) is 0.590. The van der Waals surface area contributed by atoms with Crippen molar-refractivity contribution in [2.45, 2.75) is 25.3 Å². The van der Waals surface area contributed by atoms with Crippen LogP contribution in [0.1, 0.15) is 19.3 Å². The molecule has 0 aromatic rings. The van der Waals surface area contributed by atoms with Crippen molar-refractivity contribution in [1.82, 2.24) is 10.6 Å². The SMILES string of the molecule is O=C(O)N[C@@H]1CNCC[C@H]1C1CC1. The summed E-state index contributed by atoms with van der Waals surface area (Å²) < 4.78 is 0. The second kappa shape index (κ2) is 3.54. The number of amides is 1. The van der Waals surface area contributed by atoms with Crippen LogP contribution < -0.4 is 10.6 Å². The summed E-state index contributed by atoms with van der Waals surface area (Å²) >= 11 is 0. The Balaban J connectivity index is 1.91. The Hall–Kier alpha value is -0.770. The van der Waals surface area contributed by atoms with E-state index in [9.17, 15) is 4.79 Å². The van der Waals surface area contributed by atoms with E-state index in [-0.39, 0.29) is 6.04 Å². The van der Waals surface area contributed by atoms with Gasteiger partial charge < -0.3 is 15.7 Å². The van der Waals surface area contributed by atoms with Gasteiger partial charge in [0.25, 0.3) is 0 Å². The molecule has 0 aromatic heterocycles. The molecule has 2 atom stereocenters. The van der Waals surface area contributed by atoms with Crippen LogP contribution in [0.25, 0.3) is 0 Å². The molecule has 74 valence electrons. The van der Waals surface area contributed by atoms with Gasteiger partial charge in [-0.25, -0.2) is 4.79 Å². The average molecular weight is 184 g/mol. The first kappa shape index (κ1) is 8.81. The Morgan fingerprint density at radius 1 is 1.38 bits per heavy atom. The van der Waals surface area contributed by atoms with Crippen molar-refractivity contribution < 1.29 is 9.90 Å². The van der Waals surface area contributed by atoms with Crippen LogP contribution in [0.15, 0.2) is 0 Å². The molecule has 2 fully saturated rings. The maximum Gasteiger partial charge on any atom is 0.404 e. The monoisotopic (exact) mass is 184 g/mol. The molecule has 1 heterocycles. The van der Waals surface area contributed by atoms with E-state index in [1.54, 1.807) is 0 Å². The molecular formula is C9H16N2O2. The predicted octanol–water partition coefficient (Wildman–Crippen LogP) is 0.642. The molecule has 0 aromatic carbocycles. The van der Waals surface area contributed by atoms with Crippen molar-refractivity contribution in [1.29, 1.82) is 0 Å². The van der Waals surface area contributed by atoms with E-state index < -0.39 is 6.09 Å². The normalized spacial score (nSPS) is 34.2. The van der Waals surface area contributed by atoms with E-state index >= 15 is 0 Å². The lowest BCUT2D eigenvalue weighted by Gasteiger charge is -2.32. The smallest absolute Gasteiger partial charge is 0.404 e. The molecule has 1 aliphatic heterocycles. The highest BCUT2D eigenvalue weighted by molar-refractivity contribution is 5.65. The second-order valence-corrected chi connectivity index (χ2v) is 4.05. The minimum Gasteiger partial charge on any atom is -0.465 e. The van der Waals surface area contributed by atoms with Crippen molar-refractivity contribution in [3.63, 3.8) is 0 Å². The van der Waals surface area contributed by atoms with Gasteiger partial charge in [0.2, 0.25) is 0 Å². The first-order valence-corrected chi connectivity index (χ1v) is 4.97. The third-order valence-electron chi connectivity index (χ3n) is 3.07. The summed E-state index contributed by atoms with van der Waals surface area (Å²) in [5.74, 6) is 1.37. The summed E-state index contributed by atoms with van der Waals surface area (Å²) in [5.41, 5.74) is 0. The average Bonchev–Trinajstić information content (AvgIpc) is 2.87. The highest BCUT2D eigenvalue weighted by Crippen LogP contribution is 2.40. The van der Waals surface area contributed by atoms with E-state index in [1.807, 2.05) is 0 Å². The number of carbonyl (C=O) groups is 1. The molecule has 1 saturated heterocycles. The van der Waals surface area contributed by atoms with E-state index in [4.69, 9.17) is 5.11 Å². The van der Waals surface area contributed by atoms with E-state index in [0.29, 0.717) is 5.92 Å². The second-order valence-electron chi connectivity index (χ2n) is 4.05. The Morgan fingerprint density at radius 3 is 2.77 bits per heavy atom. The first-order chi connectivity index (χ1) is 6.27. The first-order valence-electron chi connectivity index (χ1n) is 4.97. The largest absolute Gasteiger partial charge is 0.465 e. The zero-order chi connectivity index (χ0) is 9.26. The molecule has 0 radical (unpaired) electrons. The van der Waals surface area contributed by atoms with Gasteiger partial charge >= 0.3 is 6.09 Å². The molecule has 0 bridgehead atoms. The Morgan fingerprint density at radius 2 is 2.15 bits per heavy atom. The fourth-order valence-corrected chi connectivity index (χ4v) is 2.28. The van der Waals surface area contributed by atoms with Crippen molar-refractivity contribution >= 4 is 6.09 Å². The summed E-state index contributed by atoms with van der Waals surface area (Å²) in [6, 6.07) is 0.138. The standard InChI is InChI=1S/C9H16N2O2/c12-9(13)11-8-5-10-4-3-7(8)6-1-2-6/h6-8,10-11H,1-5H2,(H,12,13)/t7-,8+/m0/s1. The molecule has 1 amide bonds. The van der Waals surface area contributed by atoms with Gasteiger partial charge in [-0.1, -0.05) is 0 Å². The lowest BCUT2D eigenvalue weighted by Crippen LogP contribution is -2.51. The Labute approximate surface area is 77.7 Å². The summed E-state index contributed by atoms with van der Waals surface area (Å²) in [6.45, 7) is 1.84. The van der Waals surface area contributed by atoms with Crippen LogP contribution in [-0.2, 0) is 0 Å². The van der Waals surface area contributed by atoms with Crippen LogP contribution in [0.5, 0.6) is 0 Å². The van der Waals surface area contributed by atoms with Crippen LogP contribution in [0, 0.1) is 11.8 Å². The molecule has 4 heteroatoms. The summed E-state index contributed by atoms with van der Waals surface area (Å²) in [6.07, 6.45) is 2.82.